The van der Waals surface area contributed by atoms with Crippen molar-refractivity contribution in [2.75, 3.05) is 0 Å². The normalized spacial score (nSPS) is 11.7. The van der Waals surface area contributed by atoms with E-state index in [1.165, 1.54) is 63.7 Å². The molecule has 0 fully saturated rings. The predicted molar refractivity (Wildman–Crippen MR) is 369 cm³/mol. The number of hydrogen-bond donors (Lipinski definition) is 0. The average Bonchev–Trinajstić information content (AvgIpc) is 1.42. The summed E-state index contributed by atoms with van der Waals surface area (Å²) in [4.78, 5) is 17.1. The number of aromatic nitrogens is 4. The maximum atomic E-state index is 5.80. The molecule has 0 aliphatic rings. The molecule has 0 atom stereocenters. The van der Waals surface area contributed by atoms with E-state index < -0.39 is 16.1 Å². The molecule has 4 nitrogen and oxygen atoms in total. The Hall–Kier alpha value is -10.9. The Bertz CT molecular complexity index is 4550. The van der Waals surface area contributed by atoms with E-state index in [0.29, 0.717) is 17.6 Å². The first-order valence-corrected chi connectivity index (χ1v) is 33.7. The molecule has 87 heavy (non-hydrogen) atoms. The standard InChI is InChI=1S/C81H58N4Si2/c1-8-27-59(28-9-1)62-47-51-71(52-48-62)86(67-35-14-4-15-36-67,68-37-16-5-17-38-68)73-56-66(57-74(58-73)87(69-39-18-6-19-40-69,70-41-20-7-21-42-70)72-53-49-63(50-54-72)60-29-10-2-11-30-60)80-82-79(65-34-26-33-64(55-65)61-31-12-3-13-32-61)83-81(84-80)85-77-45-24-22-43-75(77)76-44-23-25-46-78(76)85/h1-58H. The molecule has 0 N–H and O–H groups in total. The van der Waals surface area contributed by atoms with Gasteiger partial charge in [0.05, 0.1) is 11.0 Å². The van der Waals surface area contributed by atoms with Crippen molar-refractivity contribution in [1.29, 1.82) is 0 Å². The molecule has 0 spiro atoms. The van der Waals surface area contributed by atoms with Gasteiger partial charge in [0.1, 0.15) is 0 Å². The lowest BCUT2D eigenvalue weighted by Gasteiger charge is -2.38. The Kier molecular flexibility index (Phi) is 13.9. The summed E-state index contributed by atoms with van der Waals surface area (Å²) in [6, 6.07) is 129. The van der Waals surface area contributed by atoms with Crippen LogP contribution in [0.5, 0.6) is 0 Å². The Morgan fingerprint density at radius 2 is 0.494 bits per heavy atom. The largest absolute Gasteiger partial charge is 0.278 e. The third-order valence-corrected chi connectivity index (χ3v) is 26.9. The summed E-state index contributed by atoms with van der Waals surface area (Å²) in [6.45, 7) is 0. The zero-order valence-electron chi connectivity index (χ0n) is 47.8. The minimum absolute atomic E-state index is 0.543. The van der Waals surface area contributed by atoms with E-state index >= 15 is 0 Å². The number of para-hydroxylation sites is 2. The van der Waals surface area contributed by atoms with Crippen LogP contribution in [-0.2, 0) is 0 Å². The van der Waals surface area contributed by atoms with E-state index in [9.17, 15) is 0 Å². The second-order valence-electron chi connectivity index (χ2n) is 22.2. The first-order chi connectivity index (χ1) is 43.1. The molecule has 0 aliphatic carbocycles. The monoisotopic (exact) mass is 1140 g/mol. The average molecular weight is 1140 g/mol. The summed E-state index contributed by atoms with van der Waals surface area (Å²) in [5.74, 6) is 1.71. The Labute approximate surface area is 509 Å². The van der Waals surface area contributed by atoms with Gasteiger partial charge in [-0.05, 0) is 93.1 Å². The van der Waals surface area contributed by atoms with Crippen molar-refractivity contribution in [3.8, 4) is 62.1 Å². The lowest BCUT2D eigenvalue weighted by molar-refractivity contribution is 0.953. The molecule has 410 valence electrons. The molecular formula is C81H58N4Si2. The third-order valence-electron chi connectivity index (χ3n) is 17.4. The minimum Gasteiger partial charge on any atom is -0.278 e. The summed E-state index contributed by atoms with van der Waals surface area (Å²) >= 11 is 0. The highest BCUT2D eigenvalue weighted by Gasteiger charge is 2.46. The van der Waals surface area contributed by atoms with E-state index in [4.69, 9.17) is 15.0 Å². The van der Waals surface area contributed by atoms with Gasteiger partial charge in [-0.3, -0.25) is 4.57 Å². The van der Waals surface area contributed by atoms with Gasteiger partial charge in [-0.1, -0.05) is 334 Å². The van der Waals surface area contributed by atoms with E-state index in [1.807, 2.05) is 0 Å². The van der Waals surface area contributed by atoms with E-state index in [1.54, 1.807) is 0 Å². The highest BCUT2D eigenvalue weighted by molar-refractivity contribution is 7.22. The Morgan fingerprint density at radius 1 is 0.195 bits per heavy atom. The minimum atomic E-state index is -3.37. The van der Waals surface area contributed by atoms with Crippen molar-refractivity contribution in [1.82, 2.24) is 19.5 Å². The molecule has 15 aromatic rings. The van der Waals surface area contributed by atoms with E-state index in [0.717, 1.165) is 44.1 Å². The second kappa shape index (κ2) is 22.9. The first-order valence-electron chi connectivity index (χ1n) is 29.7. The van der Waals surface area contributed by atoms with Crippen LogP contribution in [0.15, 0.2) is 352 Å². The van der Waals surface area contributed by atoms with Gasteiger partial charge in [0.2, 0.25) is 5.95 Å². The molecule has 0 bridgehead atoms. The molecular weight excluding hydrogens is 1090 g/mol. The van der Waals surface area contributed by atoms with Gasteiger partial charge in [-0.2, -0.15) is 9.97 Å². The van der Waals surface area contributed by atoms with Gasteiger partial charge in [0.25, 0.3) is 0 Å². The SMILES string of the molecule is c1ccc(-c2ccc([Si](c3ccccc3)(c3ccccc3)c3cc(-c4nc(-c5cccc(-c6ccccc6)c5)nc(-n5c6ccccc6c6ccccc65)n4)cc([Si](c4ccccc4)(c4ccccc4)c4ccc(-c5ccccc5)cc4)c3)cc2)cc1. The molecule has 0 radical (unpaired) electrons. The van der Waals surface area contributed by atoms with Crippen molar-refractivity contribution in [2.45, 2.75) is 0 Å². The molecule has 0 amide bonds. The zero-order valence-corrected chi connectivity index (χ0v) is 49.8. The third kappa shape index (κ3) is 9.54. The van der Waals surface area contributed by atoms with Gasteiger partial charge in [-0.15, -0.1) is 0 Å². The van der Waals surface area contributed by atoms with Crippen molar-refractivity contribution in [3.63, 3.8) is 0 Å². The quantitative estimate of drug-likeness (QED) is 0.0805. The summed E-state index contributed by atoms with van der Waals surface area (Å²) < 4.78 is 2.23. The highest BCUT2D eigenvalue weighted by Crippen LogP contribution is 2.34. The van der Waals surface area contributed by atoms with Crippen LogP contribution in [0.25, 0.3) is 83.9 Å². The number of rotatable bonds is 14. The van der Waals surface area contributed by atoms with Gasteiger partial charge < -0.3 is 0 Å². The molecule has 0 aliphatic heterocycles. The van der Waals surface area contributed by atoms with Crippen LogP contribution in [0.1, 0.15) is 0 Å². The molecule has 2 heterocycles. The second-order valence-corrected chi connectivity index (χ2v) is 29.9. The highest BCUT2D eigenvalue weighted by atomic mass is 28.3. The van der Waals surface area contributed by atoms with Crippen molar-refractivity contribution in [3.05, 3.63) is 352 Å². The fourth-order valence-corrected chi connectivity index (χ4v) is 23.1. The van der Waals surface area contributed by atoms with Gasteiger partial charge >= 0.3 is 0 Å². The smallest absolute Gasteiger partial charge is 0.238 e. The molecule has 0 saturated heterocycles. The number of fused-ring (bicyclic) bond motifs is 3. The van der Waals surface area contributed by atoms with Crippen LogP contribution in [0.4, 0.5) is 0 Å². The van der Waals surface area contributed by atoms with Gasteiger partial charge in [0, 0.05) is 21.9 Å². The van der Waals surface area contributed by atoms with Crippen molar-refractivity contribution in [2.24, 2.45) is 0 Å². The fraction of sp³-hybridized carbons (Fsp3) is 0. The number of hydrogen-bond acceptors (Lipinski definition) is 3. The summed E-state index contributed by atoms with van der Waals surface area (Å²) in [5.41, 5.74) is 10.7. The molecule has 15 rings (SSSR count). The van der Waals surface area contributed by atoms with Crippen LogP contribution in [-0.4, -0.2) is 35.7 Å². The lowest BCUT2D eigenvalue weighted by atomic mass is 10.0. The van der Waals surface area contributed by atoms with Crippen molar-refractivity contribution >= 4 is 79.4 Å². The van der Waals surface area contributed by atoms with Crippen LogP contribution < -0.4 is 41.5 Å². The molecule has 0 unspecified atom stereocenters. The first kappa shape index (κ1) is 52.9. The zero-order chi connectivity index (χ0) is 58.0. The maximum absolute atomic E-state index is 5.80. The van der Waals surface area contributed by atoms with Crippen LogP contribution >= 0.6 is 0 Å². The number of nitrogens with zero attached hydrogens (tertiary/aromatic N) is 4. The molecule has 0 saturated carbocycles. The van der Waals surface area contributed by atoms with Crippen LogP contribution in [0.2, 0.25) is 0 Å². The summed E-state index contributed by atoms with van der Waals surface area (Å²) in [5, 5.41) is 12.3. The van der Waals surface area contributed by atoms with Gasteiger partial charge in [-0.25, -0.2) is 4.98 Å². The van der Waals surface area contributed by atoms with Crippen molar-refractivity contribution < 1.29 is 0 Å². The topological polar surface area (TPSA) is 43.6 Å². The lowest BCUT2D eigenvalue weighted by Crippen LogP contribution is -2.78. The Balaban J connectivity index is 1.09. The number of benzene rings is 13. The molecule has 2 aromatic heterocycles. The Morgan fingerprint density at radius 3 is 0.897 bits per heavy atom. The summed E-state index contributed by atoms with van der Waals surface area (Å²) in [6.07, 6.45) is 0. The fourth-order valence-electron chi connectivity index (χ4n) is 13.4. The van der Waals surface area contributed by atoms with Crippen LogP contribution in [0, 0.1) is 0 Å². The molecule has 13 aromatic carbocycles. The van der Waals surface area contributed by atoms with Crippen LogP contribution in [0.3, 0.4) is 0 Å². The van der Waals surface area contributed by atoms with E-state index in [-0.39, 0.29) is 0 Å². The molecule has 6 heteroatoms. The van der Waals surface area contributed by atoms with E-state index in [2.05, 4.69) is 356 Å². The summed E-state index contributed by atoms with van der Waals surface area (Å²) in [7, 11) is -6.74. The predicted octanol–water partition coefficient (Wildman–Crippen LogP) is 14.1. The maximum Gasteiger partial charge on any atom is 0.238 e. The van der Waals surface area contributed by atoms with Gasteiger partial charge in [0.15, 0.2) is 27.8 Å².